The monoisotopic (exact) mass is 284 g/mol. The van der Waals surface area contributed by atoms with E-state index >= 15 is 0 Å². The van der Waals surface area contributed by atoms with E-state index in [9.17, 15) is 4.39 Å². The highest BCUT2D eigenvalue weighted by atomic mass is 19.1. The first-order valence-corrected chi connectivity index (χ1v) is 7.37. The topological polar surface area (TPSA) is 29.3 Å². The second kappa shape index (κ2) is 5.49. The Kier molecular flexibility index (Phi) is 3.68. The van der Waals surface area contributed by atoms with Crippen LogP contribution >= 0.6 is 0 Å². The summed E-state index contributed by atoms with van der Waals surface area (Å²) in [5, 5.41) is 0. The van der Waals surface area contributed by atoms with Crippen LogP contribution in [0.3, 0.4) is 0 Å². The lowest BCUT2D eigenvalue weighted by atomic mass is 9.95. The van der Waals surface area contributed by atoms with Gasteiger partial charge in [0, 0.05) is 29.8 Å². The number of anilines is 1. The number of hydrogen-bond donors (Lipinski definition) is 1. The molecule has 0 radical (unpaired) electrons. The summed E-state index contributed by atoms with van der Waals surface area (Å²) < 4.78 is 13.7. The smallest absolute Gasteiger partial charge is 0.127 e. The van der Waals surface area contributed by atoms with Gasteiger partial charge in [-0.2, -0.15) is 0 Å². The van der Waals surface area contributed by atoms with Crippen LogP contribution in [0, 0.1) is 5.82 Å². The van der Waals surface area contributed by atoms with E-state index < -0.39 is 0 Å². The quantitative estimate of drug-likeness (QED) is 0.850. The van der Waals surface area contributed by atoms with Crippen molar-refractivity contribution in [2.24, 2.45) is 0 Å². The number of nitrogens with zero attached hydrogens (tertiary/aromatic N) is 1. The summed E-state index contributed by atoms with van der Waals surface area (Å²) in [5.41, 5.74) is 8.89. The molecular weight excluding hydrogens is 263 g/mol. The molecule has 2 nitrogen and oxygen atoms in total. The fourth-order valence-electron chi connectivity index (χ4n) is 3.02. The van der Waals surface area contributed by atoms with Crippen molar-refractivity contribution in [3.05, 3.63) is 65.5 Å². The molecule has 3 rings (SSSR count). The highest BCUT2D eigenvalue weighted by Crippen LogP contribution is 2.48. The summed E-state index contributed by atoms with van der Waals surface area (Å²) >= 11 is 0. The maximum Gasteiger partial charge on any atom is 0.127 e. The fourth-order valence-corrected chi connectivity index (χ4v) is 3.02. The molecule has 1 saturated carbocycles. The minimum absolute atomic E-state index is 0.123. The SMILES string of the molecule is CN(Cc1ccccc1F)CC1(c2ccc(N)cc2)CC1. The minimum atomic E-state index is -0.123. The number of benzene rings is 2. The zero-order valence-corrected chi connectivity index (χ0v) is 12.3. The van der Waals surface area contributed by atoms with Crippen LogP contribution in [-0.2, 0) is 12.0 Å². The lowest BCUT2D eigenvalue weighted by Crippen LogP contribution is -2.29. The summed E-state index contributed by atoms with van der Waals surface area (Å²) in [6.45, 7) is 1.59. The van der Waals surface area contributed by atoms with Gasteiger partial charge in [0.05, 0.1) is 0 Å². The van der Waals surface area contributed by atoms with Crippen molar-refractivity contribution in [2.45, 2.75) is 24.8 Å². The number of likely N-dealkylation sites (N-methyl/N-ethyl adjacent to an activating group) is 1. The van der Waals surface area contributed by atoms with Gasteiger partial charge in [-0.3, -0.25) is 0 Å². The van der Waals surface area contributed by atoms with Gasteiger partial charge >= 0.3 is 0 Å². The molecule has 0 saturated heterocycles. The average molecular weight is 284 g/mol. The Labute approximate surface area is 125 Å². The van der Waals surface area contributed by atoms with E-state index in [0.717, 1.165) is 17.8 Å². The number of hydrogen-bond acceptors (Lipinski definition) is 2. The summed E-state index contributed by atoms with van der Waals surface area (Å²) in [4.78, 5) is 2.21. The molecule has 2 aromatic rings. The Morgan fingerprint density at radius 2 is 1.76 bits per heavy atom. The van der Waals surface area contributed by atoms with Gasteiger partial charge in [-0.25, -0.2) is 4.39 Å². The summed E-state index contributed by atoms with van der Waals surface area (Å²) in [6, 6.07) is 15.2. The Bertz CT molecular complexity index is 617. The minimum Gasteiger partial charge on any atom is -0.399 e. The Morgan fingerprint density at radius 1 is 1.10 bits per heavy atom. The zero-order chi connectivity index (χ0) is 14.9. The van der Waals surface area contributed by atoms with E-state index in [0.29, 0.717) is 6.54 Å². The van der Waals surface area contributed by atoms with Crippen LogP contribution in [0.2, 0.25) is 0 Å². The first-order chi connectivity index (χ1) is 10.1. The molecule has 0 heterocycles. The highest BCUT2D eigenvalue weighted by Gasteiger charge is 2.44. The van der Waals surface area contributed by atoms with Crippen molar-refractivity contribution < 1.29 is 4.39 Å². The van der Waals surface area contributed by atoms with Gasteiger partial charge in [0.25, 0.3) is 0 Å². The molecule has 0 aromatic heterocycles. The third-order valence-corrected chi connectivity index (χ3v) is 4.35. The molecule has 0 unspecified atom stereocenters. The van der Waals surface area contributed by atoms with E-state index in [2.05, 4.69) is 24.1 Å². The van der Waals surface area contributed by atoms with E-state index in [-0.39, 0.29) is 11.2 Å². The maximum absolute atomic E-state index is 13.7. The van der Waals surface area contributed by atoms with Crippen molar-refractivity contribution in [1.82, 2.24) is 4.90 Å². The van der Waals surface area contributed by atoms with Gasteiger partial charge in [-0.1, -0.05) is 30.3 Å². The van der Waals surface area contributed by atoms with Gasteiger partial charge in [-0.15, -0.1) is 0 Å². The van der Waals surface area contributed by atoms with Gasteiger partial charge < -0.3 is 10.6 Å². The molecule has 0 spiro atoms. The molecule has 3 heteroatoms. The molecule has 21 heavy (non-hydrogen) atoms. The molecule has 0 atom stereocenters. The lowest BCUT2D eigenvalue weighted by Gasteiger charge is -2.24. The van der Waals surface area contributed by atoms with Crippen LogP contribution in [0.5, 0.6) is 0 Å². The fraction of sp³-hybridized carbons (Fsp3) is 0.333. The van der Waals surface area contributed by atoms with Gasteiger partial charge in [0.1, 0.15) is 5.82 Å². The molecule has 0 bridgehead atoms. The number of nitrogen functional groups attached to an aromatic ring is 1. The third-order valence-electron chi connectivity index (χ3n) is 4.35. The third kappa shape index (κ3) is 3.08. The van der Waals surface area contributed by atoms with E-state index in [4.69, 9.17) is 5.73 Å². The Morgan fingerprint density at radius 3 is 2.38 bits per heavy atom. The van der Waals surface area contributed by atoms with Crippen LogP contribution in [0.4, 0.5) is 10.1 Å². The first kappa shape index (κ1) is 14.1. The van der Waals surface area contributed by atoms with E-state index in [1.165, 1.54) is 24.5 Å². The van der Waals surface area contributed by atoms with Crippen molar-refractivity contribution in [3.63, 3.8) is 0 Å². The summed E-state index contributed by atoms with van der Waals surface area (Å²) in [5.74, 6) is -0.123. The van der Waals surface area contributed by atoms with Crippen LogP contribution in [0.25, 0.3) is 0 Å². The number of rotatable bonds is 5. The van der Waals surface area contributed by atoms with Crippen molar-refractivity contribution in [2.75, 3.05) is 19.3 Å². The van der Waals surface area contributed by atoms with Gasteiger partial charge in [0.2, 0.25) is 0 Å². The van der Waals surface area contributed by atoms with Crippen LogP contribution in [-0.4, -0.2) is 18.5 Å². The Balaban J connectivity index is 1.68. The second-order valence-electron chi connectivity index (χ2n) is 6.17. The maximum atomic E-state index is 13.7. The van der Waals surface area contributed by atoms with Crippen LogP contribution in [0.1, 0.15) is 24.0 Å². The van der Waals surface area contributed by atoms with Crippen LogP contribution in [0.15, 0.2) is 48.5 Å². The lowest BCUT2D eigenvalue weighted by molar-refractivity contribution is 0.290. The number of nitrogens with two attached hydrogens (primary N) is 1. The average Bonchev–Trinajstić information content (AvgIpc) is 3.23. The molecule has 110 valence electrons. The zero-order valence-electron chi connectivity index (χ0n) is 12.3. The van der Waals surface area contributed by atoms with Gasteiger partial charge in [-0.05, 0) is 43.7 Å². The summed E-state index contributed by atoms with van der Waals surface area (Å²) in [6.07, 6.45) is 2.39. The summed E-state index contributed by atoms with van der Waals surface area (Å²) in [7, 11) is 2.06. The predicted octanol–water partition coefficient (Wildman–Crippen LogP) is 3.57. The molecule has 2 aromatic carbocycles. The molecule has 0 aliphatic heterocycles. The van der Waals surface area contributed by atoms with E-state index in [1.807, 2.05) is 24.3 Å². The molecule has 1 fully saturated rings. The van der Waals surface area contributed by atoms with Crippen molar-refractivity contribution in [1.29, 1.82) is 0 Å². The van der Waals surface area contributed by atoms with E-state index in [1.54, 1.807) is 6.07 Å². The first-order valence-electron chi connectivity index (χ1n) is 7.37. The molecule has 1 aliphatic rings. The largest absolute Gasteiger partial charge is 0.399 e. The Hall–Kier alpha value is -1.87. The van der Waals surface area contributed by atoms with Crippen LogP contribution < -0.4 is 5.73 Å². The molecule has 1 aliphatic carbocycles. The molecule has 2 N–H and O–H groups in total. The normalized spacial score (nSPS) is 16.1. The predicted molar refractivity (Wildman–Crippen MR) is 84.5 cm³/mol. The van der Waals surface area contributed by atoms with Crippen molar-refractivity contribution >= 4 is 5.69 Å². The molecular formula is C18H21FN2. The van der Waals surface area contributed by atoms with Gasteiger partial charge in [0.15, 0.2) is 0 Å². The number of halogens is 1. The highest BCUT2D eigenvalue weighted by molar-refractivity contribution is 5.43. The second-order valence-corrected chi connectivity index (χ2v) is 6.17. The molecule has 0 amide bonds. The standard InChI is InChI=1S/C18H21FN2/c1-21(12-14-4-2-3-5-17(14)19)13-18(10-11-18)15-6-8-16(20)9-7-15/h2-9H,10-13,20H2,1H3. The van der Waals surface area contributed by atoms with Crippen molar-refractivity contribution in [3.8, 4) is 0 Å².